The molecule has 1 rings (SSSR count). The van der Waals surface area contributed by atoms with Crippen molar-refractivity contribution in [1.29, 1.82) is 0 Å². The maximum atomic E-state index is 10.9. The second-order valence-corrected chi connectivity index (χ2v) is 5.88. The summed E-state index contributed by atoms with van der Waals surface area (Å²) in [5.41, 5.74) is 0. The summed E-state index contributed by atoms with van der Waals surface area (Å²) in [4.78, 5) is 13.3. The zero-order chi connectivity index (χ0) is 16.0. The minimum absolute atomic E-state index is 0.100. The van der Waals surface area contributed by atoms with Crippen LogP contribution in [0.2, 0.25) is 0 Å². The summed E-state index contributed by atoms with van der Waals surface area (Å²) in [7, 11) is 1.59. The average molecular weight is 316 g/mol. The van der Waals surface area contributed by atoms with Crippen LogP contribution in [0.4, 0.5) is 0 Å². The molecule has 0 aliphatic carbocycles. The second kappa shape index (κ2) is 12.8. The molecular formula is C16H32N2O4. The van der Waals surface area contributed by atoms with E-state index in [1.54, 1.807) is 7.05 Å². The molecule has 1 aliphatic heterocycles. The first-order chi connectivity index (χ1) is 10.7. The highest BCUT2D eigenvalue weighted by molar-refractivity contribution is 5.76. The Kier molecular flexibility index (Phi) is 11.3. The highest BCUT2D eigenvalue weighted by Gasteiger charge is 2.14. The number of likely N-dealkylation sites (N-methyl/N-ethyl adjacent to an activating group) is 1. The predicted molar refractivity (Wildman–Crippen MR) is 85.7 cm³/mol. The van der Waals surface area contributed by atoms with Gasteiger partial charge in [-0.1, -0.05) is 6.92 Å². The molecule has 0 radical (unpaired) electrons. The summed E-state index contributed by atoms with van der Waals surface area (Å²) in [6.07, 6.45) is 4.59. The average Bonchev–Trinajstić information content (AvgIpc) is 2.54. The molecule has 1 aliphatic rings. The predicted octanol–water partition coefficient (Wildman–Crippen LogP) is 1.25. The normalized spacial score (nSPS) is 16.8. The number of unbranched alkanes of at least 4 members (excludes halogenated alkanes) is 1. The van der Waals surface area contributed by atoms with Gasteiger partial charge in [0.25, 0.3) is 0 Å². The molecule has 1 amide bonds. The van der Waals surface area contributed by atoms with Crippen molar-refractivity contribution in [3.05, 3.63) is 0 Å². The van der Waals surface area contributed by atoms with Gasteiger partial charge in [-0.15, -0.1) is 0 Å². The van der Waals surface area contributed by atoms with E-state index in [2.05, 4.69) is 17.1 Å². The monoisotopic (exact) mass is 316 g/mol. The molecular weight excluding hydrogens is 284 g/mol. The van der Waals surface area contributed by atoms with E-state index >= 15 is 0 Å². The highest BCUT2D eigenvalue weighted by atomic mass is 16.5. The first-order valence-electron chi connectivity index (χ1n) is 8.38. The summed E-state index contributed by atoms with van der Waals surface area (Å²) >= 11 is 0. The van der Waals surface area contributed by atoms with Crippen molar-refractivity contribution in [3.8, 4) is 0 Å². The van der Waals surface area contributed by atoms with Crippen molar-refractivity contribution in [2.45, 2.75) is 32.6 Å². The van der Waals surface area contributed by atoms with Gasteiger partial charge in [-0.25, -0.2) is 0 Å². The summed E-state index contributed by atoms with van der Waals surface area (Å²) in [5.74, 6) is 0.758. The number of likely N-dealkylation sites (tertiary alicyclic amines) is 1. The van der Waals surface area contributed by atoms with Gasteiger partial charge in [-0.2, -0.15) is 0 Å². The van der Waals surface area contributed by atoms with Crippen LogP contribution in [-0.4, -0.2) is 70.7 Å². The smallest absolute Gasteiger partial charge is 0.245 e. The van der Waals surface area contributed by atoms with Gasteiger partial charge in [0.15, 0.2) is 0 Å². The molecule has 22 heavy (non-hydrogen) atoms. The molecule has 130 valence electrons. The number of hydrogen-bond donors (Lipinski definition) is 1. The fourth-order valence-corrected chi connectivity index (χ4v) is 2.25. The van der Waals surface area contributed by atoms with Crippen molar-refractivity contribution >= 4 is 5.91 Å². The lowest BCUT2D eigenvalue weighted by Gasteiger charge is -2.29. The van der Waals surface area contributed by atoms with Gasteiger partial charge in [0, 0.05) is 33.4 Å². The molecule has 1 N–H and O–H groups in total. The maximum Gasteiger partial charge on any atom is 0.245 e. The van der Waals surface area contributed by atoms with Gasteiger partial charge in [-0.05, 0) is 31.6 Å². The maximum absolute atomic E-state index is 10.9. The molecule has 6 nitrogen and oxygen atoms in total. The standard InChI is InChI=1S/C16H32N2O4/c1-15-5-7-18(8-6-15)14-22-10-4-3-9-20-11-12-21-13-16(19)17-2/h15H,3-14H2,1-2H3,(H,17,19). The molecule has 0 aromatic carbocycles. The van der Waals surface area contributed by atoms with E-state index in [1.165, 1.54) is 25.9 Å². The highest BCUT2D eigenvalue weighted by Crippen LogP contribution is 2.15. The molecule has 0 spiro atoms. The number of ether oxygens (including phenoxy) is 3. The Labute approximate surface area is 134 Å². The van der Waals surface area contributed by atoms with E-state index in [9.17, 15) is 4.79 Å². The van der Waals surface area contributed by atoms with Gasteiger partial charge >= 0.3 is 0 Å². The number of amides is 1. The summed E-state index contributed by atoms with van der Waals surface area (Å²) in [6.45, 7) is 8.02. The lowest BCUT2D eigenvalue weighted by atomic mass is 10.00. The van der Waals surface area contributed by atoms with E-state index in [0.29, 0.717) is 19.8 Å². The Morgan fingerprint density at radius 2 is 1.68 bits per heavy atom. The summed E-state index contributed by atoms with van der Waals surface area (Å²) in [5, 5.41) is 2.50. The van der Waals surface area contributed by atoms with Gasteiger partial charge in [-0.3, -0.25) is 9.69 Å². The van der Waals surface area contributed by atoms with E-state index < -0.39 is 0 Å². The number of rotatable bonds is 12. The fraction of sp³-hybridized carbons (Fsp3) is 0.938. The van der Waals surface area contributed by atoms with Crippen LogP contribution in [0, 0.1) is 5.92 Å². The molecule has 0 bridgehead atoms. The van der Waals surface area contributed by atoms with Crippen molar-refractivity contribution in [2.75, 3.05) is 59.9 Å². The van der Waals surface area contributed by atoms with Gasteiger partial charge in [0.05, 0.1) is 19.9 Å². The topological polar surface area (TPSA) is 60.0 Å². The van der Waals surface area contributed by atoms with Crippen molar-refractivity contribution in [2.24, 2.45) is 5.92 Å². The van der Waals surface area contributed by atoms with Gasteiger partial charge < -0.3 is 19.5 Å². The van der Waals surface area contributed by atoms with E-state index in [-0.39, 0.29) is 12.5 Å². The van der Waals surface area contributed by atoms with E-state index in [1.807, 2.05) is 0 Å². The Balaban J connectivity index is 1.76. The Morgan fingerprint density at radius 3 is 2.36 bits per heavy atom. The number of carbonyl (C=O) groups excluding carboxylic acids is 1. The molecule has 6 heteroatoms. The van der Waals surface area contributed by atoms with Gasteiger partial charge in [0.2, 0.25) is 5.91 Å². The molecule has 0 aromatic heterocycles. The first kappa shape index (κ1) is 19.4. The van der Waals surface area contributed by atoms with Gasteiger partial charge in [0.1, 0.15) is 6.61 Å². The van der Waals surface area contributed by atoms with Crippen molar-refractivity contribution < 1.29 is 19.0 Å². The third kappa shape index (κ3) is 10.1. The Morgan fingerprint density at radius 1 is 1.05 bits per heavy atom. The quantitative estimate of drug-likeness (QED) is 0.549. The fourth-order valence-electron chi connectivity index (χ4n) is 2.25. The van der Waals surface area contributed by atoms with E-state index in [4.69, 9.17) is 14.2 Å². The number of carbonyl (C=O) groups is 1. The molecule has 1 saturated heterocycles. The lowest BCUT2D eigenvalue weighted by molar-refractivity contribution is -0.125. The second-order valence-electron chi connectivity index (χ2n) is 5.88. The van der Waals surface area contributed by atoms with Crippen LogP contribution >= 0.6 is 0 Å². The molecule has 0 atom stereocenters. The molecule has 0 saturated carbocycles. The van der Waals surface area contributed by atoms with Crippen LogP contribution in [0.3, 0.4) is 0 Å². The number of nitrogens with one attached hydrogen (secondary N) is 1. The molecule has 1 heterocycles. The van der Waals surface area contributed by atoms with Crippen molar-refractivity contribution in [1.82, 2.24) is 10.2 Å². The summed E-state index contributed by atoms with van der Waals surface area (Å²) < 4.78 is 16.3. The van der Waals surface area contributed by atoms with Crippen LogP contribution in [0.1, 0.15) is 32.6 Å². The van der Waals surface area contributed by atoms with Crippen LogP contribution < -0.4 is 5.32 Å². The van der Waals surface area contributed by atoms with Crippen molar-refractivity contribution in [3.63, 3.8) is 0 Å². The largest absolute Gasteiger partial charge is 0.379 e. The summed E-state index contributed by atoms with van der Waals surface area (Å²) in [6, 6.07) is 0. The van der Waals surface area contributed by atoms with Crippen LogP contribution in [0.15, 0.2) is 0 Å². The van der Waals surface area contributed by atoms with Crippen LogP contribution in [-0.2, 0) is 19.0 Å². The third-order valence-electron chi connectivity index (χ3n) is 3.86. The van der Waals surface area contributed by atoms with E-state index in [0.717, 1.165) is 32.1 Å². The number of nitrogens with zero attached hydrogens (tertiary/aromatic N) is 1. The Bertz CT molecular complexity index is 281. The minimum Gasteiger partial charge on any atom is -0.379 e. The SMILES string of the molecule is CNC(=O)COCCOCCCCOCN1CCC(C)CC1. The zero-order valence-corrected chi connectivity index (χ0v) is 14.1. The van der Waals surface area contributed by atoms with Crippen LogP contribution in [0.5, 0.6) is 0 Å². The first-order valence-corrected chi connectivity index (χ1v) is 8.38. The molecule has 1 fully saturated rings. The molecule has 0 unspecified atom stereocenters. The van der Waals surface area contributed by atoms with Crippen LogP contribution in [0.25, 0.3) is 0 Å². The third-order valence-corrected chi connectivity index (χ3v) is 3.86. The lowest BCUT2D eigenvalue weighted by Crippen LogP contribution is -2.34. The minimum atomic E-state index is -0.111. The zero-order valence-electron chi connectivity index (χ0n) is 14.1. The molecule has 0 aromatic rings. The Hall–Kier alpha value is -0.690. The number of piperidine rings is 1. The number of hydrogen-bond acceptors (Lipinski definition) is 5.